The summed E-state index contributed by atoms with van der Waals surface area (Å²) in [5, 5.41) is 8.81. The van der Waals surface area contributed by atoms with Crippen molar-refractivity contribution in [3.8, 4) is 0 Å². The van der Waals surface area contributed by atoms with Crippen LogP contribution in [0.4, 0.5) is 0 Å². The molecule has 1 aromatic heterocycles. The van der Waals surface area contributed by atoms with Crippen molar-refractivity contribution < 1.29 is 14.3 Å². The molecule has 6 heteroatoms. The lowest BCUT2D eigenvalue weighted by Crippen LogP contribution is -2.14. The fraction of sp³-hybridized carbons (Fsp3) is 0.550. The van der Waals surface area contributed by atoms with Crippen molar-refractivity contribution in [1.82, 2.24) is 15.0 Å². The molecular weight excluding hydrogens is 330 g/mol. The largest absolute Gasteiger partial charge is 0.465 e. The van der Waals surface area contributed by atoms with Crippen LogP contribution in [0.1, 0.15) is 79.0 Å². The smallest absolute Gasteiger partial charge is 0.337 e. The normalized spacial score (nSPS) is 17.5. The van der Waals surface area contributed by atoms with Gasteiger partial charge in [-0.15, -0.1) is 5.10 Å². The lowest BCUT2D eigenvalue weighted by Gasteiger charge is -2.21. The molecule has 1 aromatic carbocycles. The molecule has 0 radical (unpaired) electrons. The Morgan fingerprint density at radius 2 is 2.00 bits per heavy atom. The third-order valence-corrected chi connectivity index (χ3v) is 4.82. The average molecular weight is 357 g/mol. The Bertz CT molecular complexity index is 737. The number of methoxy groups -OCH3 is 1. The summed E-state index contributed by atoms with van der Waals surface area (Å²) < 4.78 is 13.0. The van der Waals surface area contributed by atoms with Gasteiger partial charge in [-0.3, -0.25) is 0 Å². The Morgan fingerprint density at radius 3 is 2.69 bits per heavy atom. The fourth-order valence-corrected chi connectivity index (χ4v) is 3.38. The van der Waals surface area contributed by atoms with Gasteiger partial charge in [-0.2, -0.15) is 0 Å². The Balaban J connectivity index is 1.72. The summed E-state index contributed by atoms with van der Waals surface area (Å²) in [4.78, 5) is 11.5. The van der Waals surface area contributed by atoms with E-state index in [1.807, 2.05) is 16.8 Å². The molecule has 1 aliphatic carbocycles. The summed E-state index contributed by atoms with van der Waals surface area (Å²) in [7, 11) is 1.38. The molecule has 0 amide bonds. The summed E-state index contributed by atoms with van der Waals surface area (Å²) >= 11 is 0. The maximum Gasteiger partial charge on any atom is 0.337 e. The zero-order chi connectivity index (χ0) is 18.5. The molecule has 0 fully saturated rings. The number of esters is 1. The van der Waals surface area contributed by atoms with Crippen LogP contribution in [0.2, 0.25) is 0 Å². The number of nitrogens with zero attached hydrogens (tertiary/aromatic N) is 3. The number of carbonyl (C=O) groups is 1. The number of hydrogen-bond acceptors (Lipinski definition) is 5. The molecule has 6 nitrogen and oxygen atoms in total. The molecule has 0 aliphatic heterocycles. The molecule has 3 rings (SSSR count). The van der Waals surface area contributed by atoms with Gasteiger partial charge in [-0.25, -0.2) is 9.48 Å². The van der Waals surface area contributed by atoms with Gasteiger partial charge in [0.25, 0.3) is 0 Å². The highest BCUT2D eigenvalue weighted by Gasteiger charge is 2.25. The topological polar surface area (TPSA) is 66.2 Å². The number of hydrogen-bond donors (Lipinski definition) is 0. The Hall–Kier alpha value is -2.21. The van der Waals surface area contributed by atoms with Crippen molar-refractivity contribution in [2.75, 3.05) is 7.11 Å². The molecule has 0 saturated heterocycles. The van der Waals surface area contributed by atoms with Crippen molar-refractivity contribution in [3.05, 3.63) is 46.8 Å². The number of benzene rings is 1. The lowest BCUT2D eigenvalue weighted by molar-refractivity contribution is 0.0276. The minimum absolute atomic E-state index is 0.0296. The highest BCUT2D eigenvalue weighted by molar-refractivity contribution is 5.89. The Kier molecular flexibility index (Phi) is 6.04. The molecule has 2 aromatic rings. The van der Waals surface area contributed by atoms with Crippen molar-refractivity contribution in [2.24, 2.45) is 0 Å². The van der Waals surface area contributed by atoms with Crippen LogP contribution in [0, 0.1) is 0 Å². The van der Waals surface area contributed by atoms with Gasteiger partial charge in [0.15, 0.2) is 0 Å². The summed E-state index contributed by atoms with van der Waals surface area (Å²) in [5.74, 6) is -0.326. The maximum absolute atomic E-state index is 11.5. The first-order valence-electron chi connectivity index (χ1n) is 9.33. The quantitative estimate of drug-likeness (QED) is 0.756. The van der Waals surface area contributed by atoms with Gasteiger partial charge < -0.3 is 9.47 Å². The second-order valence-electron chi connectivity index (χ2n) is 7.05. The molecule has 1 aliphatic rings. The Labute approximate surface area is 154 Å². The highest BCUT2D eigenvalue weighted by atomic mass is 16.5. The summed E-state index contributed by atoms with van der Waals surface area (Å²) in [6, 6.07) is 7.64. The number of fused-ring (bicyclic) bond motifs is 1. The van der Waals surface area contributed by atoms with Crippen molar-refractivity contribution in [3.63, 3.8) is 0 Å². The SMILES string of the molecule is COC(=O)c1ccc(COC2CCCCCc3c2nnn3C(C)C)cc1. The molecule has 0 spiro atoms. The molecule has 0 saturated carbocycles. The third-order valence-electron chi connectivity index (χ3n) is 4.82. The molecular formula is C20H27N3O3. The molecule has 26 heavy (non-hydrogen) atoms. The summed E-state index contributed by atoms with van der Waals surface area (Å²) in [6.07, 6.45) is 5.46. The van der Waals surface area contributed by atoms with Crippen LogP contribution in [0.15, 0.2) is 24.3 Å². The van der Waals surface area contributed by atoms with E-state index in [0.717, 1.165) is 30.5 Å². The van der Waals surface area contributed by atoms with E-state index in [9.17, 15) is 4.79 Å². The van der Waals surface area contributed by atoms with Crippen LogP contribution in [-0.2, 0) is 22.5 Å². The molecule has 0 bridgehead atoms. The standard InChI is InChI=1S/C20H27N3O3/c1-14(2)23-17-7-5-4-6-8-18(19(17)21-22-23)26-13-15-9-11-16(12-10-15)20(24)25-3/h9-12,14,18H,4-8,13H2,1-3H3. The molecule has 1 atom stereocenters. The number of ether oxygens (including phenoxy) is 2. The third kappa shape index (κ3) is 4.12. The summed E-state index contributed by atoms with van der Waals surface area (Å²) in [5.41, 5.74) is 3.78. The zero-order valence-electron chi connectivity index (χ0n) is 15.8. The van der Waals surface area contributed by atoms with Gasteiger partial charge in [0, 0.05) is 6.04 Å². The van der Waals surface area contributed by atoms with Crippen LogP contribution in [0.25, 0.3) is 0 Å². The minimum atomic E-state index is -0.326. The first kappa shape index (κ1) is 18.6. The fourth-order valence-electron chi connectivity index (χ4n) is 3.38. The number of rotatable bonds is 5. The monoisotopic (exact) mass is 357 g/mol. The van der Waals surface area contributed by atoms with Crippen LogP contribution in [0.5, 0.6) is 0 Å². The molecule has 1 unspecified atom stereocenters. The highest BCUT2D eigenvalue weighted by Crippen LogP contribution is 2.31. The van der Waals surface area contributed by atoms with Gasteiger partial charge in [-0.1, -0.05) is 30.2 Å². The minimum Gasteiger partial charge on any atom is -0.465 e. The van der Waals surface area contributed by atoms with Gasteiger partial charge in [-0.05, 0) is 50.8 Å². The zero-order valence-corrected chi connectivity index (χ0v) is 15.8. The van der Waals surface area contributed by atoms with E-state index in [1.165, 1.54) is 25.6 Å². The molecule has 0 N–H and O–H groups in total. The second kappa shape index (κ2) is 8.45. The first-order valence-corrected chi connectivity index (χ1v) is 9.33. The van der Waals surface area contributed by atoms with E-state index in [1.54, 1.807) is 12.1 Å². The van der Waals surface area contributed by atoms with Crippen molar-refractivity contribution >= 4 is 5.97 Å². The van der Waals surface area contributed by atoms with Gasteiger partial charge in [0.2, 0.25) is 0 Å². The van der Waals surface area contributed by atoms with Gasteiger partial charge in [0.05, 0.1) is 25.0 Å². The van der Waals surface area contributed by atoms with Crippen molar-refractivity contribution in [2.45, 2.75) is 64.7 Å². The van der Waals surface area contributed by atoms with E-state index >= 15 is 0 Å². The van der Waals surface area contributed by atoms with E-state index in [4.69, 9.17) is 9.47 Å². The van der Waals surface area contributed by atoms with Gasteiger partial charge >= 0.3 is 5.97 Å². The van der Waals surface area contributed by atoms with Crippen LogP contribution < -0.4 is 0 Å². The predicted molar refractivity (Wildman–Crippen MR) is 97.9 cm³/mol. The maximum atomic E-state index is 11.5. The lowest BCUT2D eigenvalue weighted by atomic mass is 9.98. The van der Waals surface area contributed by atoms with Crippen LogP contribution in [-0.4, -0.2) is 28.1 Å². The predicted octanol–water partition coefficient (Wildman–Crippen LogP) is 4.02. The second-order valence-corrected chi connectivity index (χ2v) is 7.05. The number of aromatic nitrogens is 3. The molecule has 140 valence electrons. The van der Waals surface area contributed by atoms with E-state index in [2.05, 4.69) is 24.2 Å². The van der Waals surface area contributed by atoms with Crippen LogP contribution in [0.3, 0.4) is 0 Å². The first-order chi connectivity index (χ1) is 12.6. The average Bonchev–Trinajstić information content (AvgIpc) is 3.04. The van der Waals surface area contributed by atoms with Crippen molar-refractivity contribution in [1.29, 1.82) is 0 Å². The van der Waals surface area contributed by atoms with Gasteiger partial charge in [0.1, 0.15) is 11.8 Å². The van der Waals surface area contributed by atoms with E-state index in [-0.39, 0.29) is 12.1 Å². The summed E-state index contributed by atoms with van der Waals surface area (Å²) in [6.45, 7) is 4.75. The van der Waals surface area contributed by atoms with Crippen LogP contribution >= 0.6 is 0 Å². The van der Waals surface area contributed by atoms with E-state index < -0.39 is 0 Å². The number of carbonyl (C=O) groups excluding carboxylic acids is 1. The molecule has 1 heterocycles. The Morgan fingerprint density at radius 1 is 1.23 bits per heavy atom. The van der Waals surface area contributed by atoms with E-state index in [0.29, 0.717) is 18.2 Å².